The molecular formula is C17H14Cl2N2O3. The maximum Gasteiger partial charge on any atom is 0.189 e. The van der Waals surface area contributed by atoms with Crippen molar-refractivity contribution < 1.29 is 14.6 Å². The zero-order valence-electron chi connectivity index (χ0n) is 12.6. The number of fused-ring (bicyclic) bond motifs is 1. The minimum Gasteiger partial charge on any atom is -0.507 e. The van der Waals surface area contributed by atoms with Crippen molar-refractivity contribution in [2.75, 3.05) is 6.79 Å². The Kier molecular flexibility index (Phi) is 4.00. The Hall–Kier alpha value is -1.95. The van der Waals surface area contributed by atoms with Gasteiger partial charge in [0.1, 0.15) is 11.5 Å². The zero-order valence-corrected chi connectivity index (χ0v) is 14.1. The third-order valence-electron chi connectivity index (χ3n) is 4.10. The number of hydrogen-bond donors (Lipinski definition) is 2. The fourth-order valence-electron chi connectivity index (χ4n) is 3.00. The van der Waals surface area contributed by atoms with Crippen molar-refractivity contribution in [3.05, 3.63) is 57.1 Å². The van der Waals surface area contributed by atoms with E-state index in [1.54, 1.807) is 18.2 Å². The third-order valence-corrected chi connectivity index (χ3v) is 4.55. The van der Waals surface area contributed by atoms with Gasteiger partial charge in [0.05, 0.1) is 18.4 Å². The maximum absolute atomic E-state index is 10.1. The van der Waals surface area contributed by atoms with E-state index < -0.39 is 0 Å². The van der Waals surface area contributed by atoms with Crippen LogP contribution in [-0.2, 0) is 11.3 Å². The lowest BCUT2D eigenvalue weighted by molar-refractivity contribution is -0.0173. The van der Waals surface area contributed by atoms with Gasteiger partial charge in [0, 0.05) is 33.2 Å². The number of nitrogens with one attached hydrogen (secondary N) is 1. The van der Waals surface area contributed by atoms with E-state index in [1.807, 2.05) is 12.1 Å². The molecule has 0 spiro atoms. The molecule has 2 aromatic carbocycles. The van der Waals surface area contributed by atoms with Gasteiger partial charge in [-0.05, 0) is 30.3 Å². The molecule has 2 heterocycles. The lowest BCUT2D eigenvalue weighted by Crippen LogP contribution is -2.17. The van der Waals surface area contributed by atoms with E-state index in [9.17, 15) is 5.11 Å². The number of rotatable bonds is 2. The second-order valence-corrected chi connectivity index (χ2v) is 6.57. The van der Waals surface area contributed by atoms with Crippen molar-refractivity contribution in [3.63, 3.8) is 0 Å². The minimum atomic E-state index is -0.0936. The van der Waals surface area contributed by atoms with Crippen LogP contribution in [0.5, 0.6) is 11.5 Å². The van der Waals surface area contributed by atoms with Gasteiger partial charge in [-0.25, -0.2) is 0 Å². The van der Waals surface area contributed by atoms with Crippen LogP contribution in [0.25, 0.3) is 0 Å². The second-order valence-electron chi connectivity index (χ2n) is 5.70. The summed E-state index contributed by atoms with van der Waals surface area (Å²) in [5.41, 5.74) is 6.31. The quantitative estimate of drug-likeness (QED) is 0.844. The molecule has 0 fully saturated rings. The highest BCUT2D eigenvalue weighted by atomic mass is 35.5. The predicted octanol–water partition coefficient (Wildman–Crippen LogP) is 4.00. The summed E-state index contributed by atoms with van der Waals surface area (Å²) in [6.45, 7) is 0.690. The molecule has 2 aliphatic rings. The topological polar surface area (TPSA) is 63.1 Å². The summed E-state index contributed by atoms with van der Waals surface area (Å²) in [6, 6.07) is 8.54. The van der Waals surface area contributed by atoms with E-state index in [-0.39, 0.29) is 18.6 Å². The first-order valence-electron chi connectivity index (χ1n) is 7.45. The van der Waals surface area contributed by atoms with E-state index in [2.05, 4.69) is 10.5 Å². The van der Waals surface area contributed by atoms with Crippen LogP contribution < -0.4 is 10.2 Å². The molecule has 0 saturated heterocycles. The first kappa shape index (κ1) is 15.6. The number of halogens is 2. The molecule has 4 rings (SSSR count). The van der Waals surface area contributed by atoms with Crippen LogP contribution in [0.1, 0.15) is 29.2 Å². The molecule has 0 aromatic heterocycles. The fraction of sp³-hybridized carbons (Fsp3) is 0.235. The predicted molar refractivity (Wildman–Crippen MR) is 91.9 cm³/mol. The molecular weight excluding hydrogens is 351 g/mol. The number of hydrogen-bond acceptors (Lipinski definition) is 5. The van der Waals surface area contributed by atoms with Crippen LogP contribution in [0.3, 0.4) is 0 Å². The van der Waals surface area contributed by atoms with Gasteiger partial charge in [-0.2, -0.15) is 5.10 Å². The summed E-state index contributed by atoms with van der Waals surface area (Å²) in [7, 11) is 0. The van der Waals surface area contributed by atoms with Gasteiger partial charge < -0.3 is 20.0 Å². The largest absolute Gasteiger partial charge is 0.507 e. The number of benzene rings is 2. The molecule has 0 saturated carbocycles. The Labute approximate surface area is 148 Å². The van der Waals surface area contributed by atoms with Crippen LogP contribution in [0.15, 0.2) is 35.4 Å². The lowest BCUT2D eigenvalue weighted by Gasteiger charge is -2.23. The Morgan fingerprint density at radius 3 is 2.92 bits per heavy atom. The number of nitrogens with zero attached hydrogens (tertiary/aromatic N) is 1. The van der Waals surface area contributed by atoms with E-state index in [0.717, 1.165) is 22.6 Å². The highest BCUT2D eigenvalue weighted by molar-refractivity contribution is 6.31. The van der Waals surface area contributed by atoms with Gasteiger partial charge in [0.2, 0.25) is 0 Å². The molecule has 7 heteroatoms. The molecule has 124 valence electrons. The van der Waals surface area contributed by atoms with Crippen LogP contribution in [0, 0.1) is 0 Å². The van der Waals surface area contributed by atoms with Gasteiger partial charge in [-0.1, -0.05) is 23.2 Å². The first-order chi connectivity index (χ1) is 11.6. The maximum atomic E-state index is 10.1. The standard InChI is InChI=1S/C17H14Cl2N2O3/c18-10-1-2-16(22)12(4-10)14-6-15(21-20-14)13-5-11(19)3-9-7-23-8-24-17(9)13/h1-5,15,21-22H,6-8H2/t15-/m0/s1. The van der Waals surface area contributed by atoms with Crippen LogP contribution in [-0.4, -0.2) is 17.6 Å². The van der Waals surface area contributed by atoms with Gasteiger partial charge in [-0.3, -0.25) is 0 Å². The van der Waals surface area contributed by atoms with Crippen molar-refractivity contribution in [1.29, 1.82) is 0 Å². The van der Waals surface area contributed by atoms with Crippen molar-refractivity contribution in [2.24, 2.45) is 5.10 Å². The summed E-state index contributed by atoms with van der Waals surface area (Å²) in [5.74, 6) is 0.938. The third kappa shape index (κ3) is 2.79. The molecule has 1 atom stereocenters. The van der Waals surface area contributed by atoms with Crippen molar-refractivity contribution >= 4 is 28.9 Å². The van der Waals surface area contributed by atoms with Crippen LogP contribution in [0.4, 0.5) is 0 Å². The Morgan fingerprint density at radius 2 is 2.04 bits per heavy atom. The van der Waals surface area contributed by atoms with Crippen LogP contribution in [0.2, 0.25) is 10.0 Å². The summed E-state index contributed by atoms with van der Waals surface area (Å²) >= 11 is 12.3. The van der Waals surface area contributed by atoms with E-state index in [1.165, 1.54) is 0 Å². The van der Waals surface area contributed by atoms with Gasteiger partial charge in [0.15, 0.2) is 6.79 Å². The molecule has 2 aliphatic heterocycles. The average Bonchev–Trinajstić information content (AvgIpc) is 3.06. The van der Waals surface area contributed by atoms with Crippen molar-refractivity contribution in [1.82, 2.24) is 5.43 Å². The molecule has 0 aliphatic carbocycles. The molecule has 24 heavy (non-hydrogen) atoms. The summed E-state index contributed by atoms with van der Waals surface area (Å²) in [4.78, 5) is 0. The number of aromatic hydroxyl groups is 1. The zero-order chi connectivity index (χ0) is 16.7. The Bertz CT molecular complexity index is 839. The normalized spacial score (nSPS) is 19.2. The smallest absolute Gasteiger partial charge is 0.189 e. The highest BCUT2D eigenvalue weighted by Gasteiger charge is 2.28. The number of phenolic OH excluding ortho intramolecular Hbond substituents is 1. The number of phenols is 1. The van der Waals surface area contributed by atoms with Crippen molar-refractivity contribution in [3.8, 4) is 11.5 Å². The highest BCUT2D eigenvalue weighted by Crippen LogP contribution is 2.39. The molecule has 5 nitrogen and oxygen atoms in total. The van der Waals surface area contributed by atoms with Crippen LogP contribution >= 0.6 is 23.2 Å². The molecule has 0 bridgehead atoms. The van der Waals surface area contributed by atoms with Crippen molar-refractivity contribution in [2.45, 2.75) is 19.1 Å². The Balaban J connectivity index is 1.65. The van der Waals surface area contributed by atoms with Gasteiger partial charge in [-0.15, -0.1) is 0 Å². The minimum absolute atomic E-state index is 0.0936. The van der Waals surface area contributed by atoms with Gasteiger partial charge in [0.25, 0.3) is 0 Å². The fourth-order valence-corrected chi connectivity index (χ4v) is 3.42. The molecule has 2 N–H and O–H groups in total. The second kappa shape index (κ2) is 6.16. The monoisotopic (exact) mass is 364 g/mol. The SMILES string of the molecule is Oc1ccc(Cl)cc1C1=NN[C@H](c2cc(Cl)cc3c2OCOC3)C1. The summed E-state index contributed by atoms with van der Waals surface area (Å²) in [5, 5.41) is 15.6. The van der Waals surface area contributed by atoms with E-state index in [0.29, 0.717) is 28.6 Å². The summed E-state index contributed by atoms with van der Waals surface area (Å²) in [6.07, 6.45) is 0.588. The molecule has 0 amide bonds. The van der Waals surface area contributed by atoms with E-state index in [4.69, 9.17) is 32.7 Å². The summed E-state index contributed by atoms with van der Waals surface area (Å²) < 4.78 is 11.0. The average molecular weight is 365 g/mol. The van der Waals surface area contributed by atoms with Gasteiger partial charge >= 0.3 is 0 Å². The molecule has 0 unspecified atom stereocenters. The molecule has 0 radical (unpaired) electrons. The first-order valence-corrected chi connectivity index (χ1v) is 8.21. The number of hydrazone groups is 1. The Morgan fingerprint density at radius 1 is 1.17 bits per heavy atom. The van der Waals surface area contributed by atoms with E-state index >= 15 is 0 Å². The number of ether oxygens (including phenoxy) is 2. The molecule has 2 aromatic rings. The lowest BCUT2D eigenvalue weighted by atomic mass is 9.96.